The first kappa shape index (κ1) is 17.6. The molecule has 0 unspecified atom stereocenters. The minimum atomic E-state index is -0.327. The van der Waals surface area contributed by atoms with Gasteiger partial charge in [0, 0.05) is 11.1 Å². The molecule has 6 nitrogen and oxygen atoms in total. The van der Waals surface area contributed by atoms with E-state index in [1.165, 1.54) is 7.11 Å². The van der Waals surface area contributed by atoms with E-state index < -0.39 is 0 Å². The molecule has 1 atom stereocenters. The number of hydrogen-bond donors (Lipinski definition) is 2. The highest BCUT2D eigenvalue weighted by Crippen LogP contribution is 2.20. The summed E-state index contributed by atoms with van der Waals surface area (Å²) in [6.07, 6.45) is 0. The van der Waals surface area contributed by atoms with Crippen molar-refractivity contribution in [2.24, 2.45) is 0 Å². The Morgan fingerprint density at radius 1 is 1.25 bits per heavy atom. The van der Waals surface area contributed by atoms with Crippen LogP contribution < -0.4 is 15.4 Å². The highest BCUT2D eigenvalue weighted by molar-refractivity contribution is 5.96. The summed E-state index contributed by atoms with van der Waals surface area (Å²) >= 11 is 0. The van der Waals surface area contributed by atoms with Gasteiger partial charge < -0.3 is 19.8 Å². The number of carbonyl (C=O) groups excluding carboxylic acids is 2. The molecule has 2 rings (SSSR count). The lowest BCUT2D eigenvalue weighted by Crippen LogP contribution is -2.38. The second-order valence-electron chi connectivity index (χ2n) is 5.57. The van der Waals surface area contributed by atoms with Crippen LogP contribution in [0.25, 0.3) is 0 Å². The van der Waals surface area contributed by atoms with Crippen molar-refractivity contribution in [2.75, 3.05) is 13.7 Å². The molecular weight excluding hydrogens is 308 g/mol. The molecule has 0 bridgehead atoms. The lowest BCUT2D eigenvalue weighted by Gasteiger charge is -2.13. The van der Waals surface area contributed by atoms with Gasteiger partial charge in [-0.15, -0.1) is 0 Å². The zero-order valence-electron chi connectivity index (χ0n) is 14.3. The monoisotopic (exact) mass is 330 g/mol. The van der Waals surface area contributed by atoms with Gasteiger partial charge in [0.1, 0.15) is 17.3 Å². The predicted molar refractivity (Wildman–Crippen MR) is 90.1 cm³/mol. The molecule has 0 aliphatic rings. The summed E-state index contributed by atoms with van der Waals surface area (Å²) in [4.78, 5) is 24.1. The van der Waals surface area contributed by atoms with Gasteiger partial charge in [-0.25, -0.2) is 0 Å². The van der Waals surface area contributed by atoms with Crippen LogP contribution in [-0.4, -0.2) is 25.5 Å². The summed E-state index contributed by atoms with van der Waals surface area (Å²) in [6, 6.07) is 8.46. The van der Waals surface area contributed by atoms with Gasteiger partial charge in [0.25, 0.3) is 5.91 Å². The van der Waals surface area contributed by atoms with Gasteiger partial charge in [0.05, 0.1) is 19.7 Å². The van der Waals surface area contributed by atoms with Crippen LogP contribution >= 0.6 is 0 Å². The fourth-order valence-electron chi connectivity index (χ4n) is 2.48. The van der Waals surface area contributed by atoms with Gasteiger partial charge in [0.2, 0.25) is 5.91 Å². The third-order valence-corrected chi connectivity index (χ3v) is 3.66. The van der Waals surface area contributed by atoms with Crippen LogP contribution in [0.4, 0.5) is 0 Å². The largest absolute Gasteiger partial charge is 0.497 e. The van der Waals surface area contributed by atoms with Crippen molar-refractivity contribution in [3.63, 3.8) is 0 Å². The second kappa shape index (κ2) is 7.68. The molecule has 128 valence electrons. The maximum absolute atomic E-state index is 12.1. The molecule has 2 N–H and O–H groups in total. The Kier molecular flexibility index (Phi) is 5.63. The smallest absolute Gasteiger partial charge is 0.251 e. The summed E-state index contributed by atoms with van der Waals surface area (Å²) in [5.41, 5.74) is 1.37. The zero-order valence-corrected chi connectivity index (χ0v) is 14.3. The number of ether oxygens (including phenoxy) is 1. The lowest BCUT2D eigenvalue weighted by atomic mass is 10.1. The molecule has 6 heteroatoms. The molecule has 2 aromatic rings. The molecule has 0 fully saturated rings. The molecular formula is C18H22N2O4. The minimum absolute atomic E-state index is 0.101. The van der Waals surface area contributed by atoms with Crippen molar-refractivity contribution < 1.29 is 18.7 Å². The number of amides is 2. The molecule has 0 saturated carbocycles. The Labute approximate surface area is 141 Å². The third kappa shape index (κ3) is 4.38. The number of nitrogens with one attached hydrogen (secondary N) is 2. The average Bonchev–Trinajstić information content (AvgIpc) is 2.91. The van der Waals surface area contributed by atoms with Crippen molar-refractivity contribution in [1.82, 2.24) is 10.6 Å². The summed E-state index contributed by atoms with van der Waals surface area (Å²) in [5, 5.41) is 5.44. The molecule has 1 heterocycles. The van der Waals surface area contributed by atoms with E-state index in [0.29, 0.717) is 11.3 Å². The van der Waals surface area contributed by atoms with E-state index in [-0.39, 0.29) is 24.4 Å². The van der Waals surface area contributed by atoms with E-state index in [0.717, 1.165) is 17.1 Å². The van der Waals surface area contributed by atoms with Gasteiger partial charge in [0.15, 0.2) is 0 Å². The standard InChI is InChI=1S/C18H22N2O4/c1-11-8-16(13(3)24-11)12(2)20-17(21)10-19-18(22)14-6-5-7-15(9-14)23-4/h5-9,12H,10H2,1-4H3,(H,19,22)(H,20,21)/t12-/m0/s1. The molecule has 0 radical (unpaired) electrons. The summed E-state index contributed by atoms with van der Waals surface area (Å²) in [5.74, 6) is 1.58. The van der Waals surface area contributed by atoms with Gasteiger partial charge in [-0.2, -0.15) is 0 Å². The van der Waals surface area contributed by atoms with Crippen LogP contribution in [0.5, 0.6) is 5.75 Å². The third-order valence-electron chi connectivity index (χ3n) is 3.66. The van der Waals surface area contributed by atoms with Crippen LogP contribution in [0, 0.1) is 13.8 Å². The fraction of sp³-hybridized carbons (Fsp3) is 0.333. The normalized spacial score (nSPS) is 11.7. The number of carbonyl (C=O) groups is 2. The van der Waals surface area contributed by atoms with E-state index in [4.69, 9.17) is 9.15 Å². The molecule has 2 amide bonds. The van der Waals surface area contributed by atoms with E-state index in [9.17, 15) is 9.59 Å². The Morgan fingerprint density at radius 3 is 2.62 bits per heavy atom. The van der Waals surface area contributed by atoms with Gasteiger partial charge in [-0.3, -0.25) is 9.59 Å². The van der Waals surface area contributed by atoms with Crippen LogP contribution in [0.3, 0.4) is 0 Å². The van der Waals surface area contributed by atoms with Crippen LogP contribution in [0.2, 0.25) is 0 Å². The van der Waals surface area contributed by atoms with Crippen LogP contribution in [0.1, 0.15) is 40.4 Å². The summed E-state index contributed by atoms with van der Waals surface area (Å²) in [7, 11) is 1.53. The van der Waals surface area contributed by atoms with Gasteiger partial charge in [-0.05, 0) is 45.0 Å². The van der Waals surface area contributed by atoms with Crippen molar-refractivity contribution in [3.8, 4) is 5.75 Å². The van der Waals surface area contributed by atoms with Crippen molar-refractivity contribution in [1.29, 1.82) is 0 Å². The average molecular weight is 330 g/mol. The topological polar surface area (TPSA) is 80.6 Å². The number of benzene rings is 1. The maximum Gasteiger partial charge on any atom is 0.251 e. The van der Waals surface area contributed by atoms with E-state index in [1.807, 2.05) is 26.8 Å². The first-order valence-electron chi connectivity index (χ1n) is 7.69. The molecule has 0 spiro atoms. The maximum atomic E-state index is 12.1. The highest BCUT2D eigenvalue weighted by atomic mass is 16.5. The van der Waals surface area contributed by atoms with Crippen molar-refractivity contribution in [3.05, 3.63) is 53.0 Å². The molecule has 0 aliphatic heterocycles. The van der Waals surface area contributed by atoms with Gasteiger partial charge in [-0.1, -0.05) is 6.07 Å². The van der Waals surface area contributed by atoms with Crippen molar-refractivity contribution >= 4 is 11.8 Å². The predicted octanol–water partition coefficient (Wildman–Crippen LogP) is 2.51. The number of methoxy groups -OCH3 is 1. The first-order valence-corrected chi connectivity index (χ1v) is 7.69. The van der Waals surface area contributed by atoms with Gasteiger partial charge >= 0.3 is 0 Å². The van der Waals surface area contributed by atoms with Crippen LogP contribution in [0.15, 0.2) is 34.7 Å². The minimum Gasteiger partial charge on any atom is -0.497 e. The quantitative estimate of drug-likeness (QED) is 0.853. The number of aryl methyl sites for hydroxylation is 2. The fourth-order valence-corrected chi connectivity index (χ4v) is 2.48. The Hall–Kier alpha value is -2.76. The number of hydrogen-bond acceptors (Lipinski definition) is 4. The Morgan fingerprint density at radius 2 is 2.00 bits per heavy atom. The molecule has 0 saturated heterocycles. The van der Waals surface area contributed by atoms with Crippen LogP contribution in [-0.2, 0) is 4.79 Å². The summed E-state index contributed by atoms with van der Waals surface area (Å²) in [6.45, 7) is 5.49. The van der Waals surface area contributed by atoms with Crippen molar-refractivity contribution in [2.45, 2.75) is 26.8 Å². The molecule has 0 aliphatic carbocycles. The Balaban J connectivity index is 1.88. The summed E-state index contributed by atoms with van der Waals surface area (Å²) < 4.78 is 10.5. The number of furan rings is 1. The molecule has 24 heavy (non-hydrogen) atoms. The zero-order chi connectivity index (χ0) is 17.7. The highest BCUT2D eigenvalue weighted by Gasteiger charge is 2.16. The molecule has 1 aromatic heterocycles. The SMILES string of the molecule is COc1cccc(C(=O)NCC(=O)N[C@@H](C)c2cc(C)oc2C)c1. The first-order chi connectivity index (χ1) is 11.4. The number of rotatable bonds is 6. The molecule has 1 aromatic carbocycles. The second-order valence-corrected chi connectivity index (χ2v) is 5.57. The van der Waals surface area contributed by atoms with E-state index in [2.05, 4.69) is 10.6 Å². The van der Waals surface area contributed by atoms with E-state index >= 15 is 0 Å². The Bertz CT molecular complexity index is 736. The van der Waals surface area contributed by atoms with E-state index in [1.54, 1.807) is 24.3 Å². The lowest BCUT2D eigenvalue weighted by molar-refractivity contribution is -0.120.